The first-order valence-corrected chi connectivity index (χ1v) is 16.6. The van der Waals surface area contributed by atoms with E-state index in [9.17, 15) is 4.79 Å². The van der Waals surface area contributed by atoms with Gasteiger partial charge in [-0.05, 0) is 71.6 Å². The number of hydrogen-bond acceptors (Lipinski definition) is 6. The van der Waals surface area contributed by atoms with Crippen LogP contribution >= 0.6 is 11.8 Å². The number of nitrogens with zero attached hydrogens (tertiary/aromatic N) is 3. The summed E-state index contributed by atoms with van der Waals surface area (Å²) in [4.78, 5) is 19.6. The lowest BCUT2D eigenvalue weighted by molar-refractivity contribution is -0.110. The van der Waals surface area contributed by atoms with Gasteiger partial charge in [0.25, 0.3) is 0 Å². The SMILES string of the molecule is Cc1ccc2cc1-c1nc(nn1C)C(c1cccc(CC(C)C=O)c1)NCC(C)(C)CSCCc1c(c(F)cc3[nH]ccc13)O2. The molecule has 0 aliphatic carbocycles. The van der Waals surface area contributed by atoms with Crippen LogP contribution in [0.15, 0.2) is 60.8 Å². The molecule has 9 heteroatoms. The Morgan fingerprint density at radius 1 is 1.20 bits per heavy atom. The molecule has 1 aliphatic heterocycles. The highest BCUT2D eigenvalue weighted by Gasteiger charge is 2.27. The Hall–Kier alpha value is -3.95. The van der Waals surface area contributed by atoms with Crippen LogP contribution in [-0.2, 0) is 24.7 Å². The monoisotopic (exact) mass is 625 g/mol. The van der Waals surface area contributed by atoms with Crippen LogP contribution in [0.1, 0.15) is 54.9 Å². The number of aldehydes is 1. The number of ether oxygens (including phenoxy) is 1. The predicted molar refractivity (Wildman–Crippen MR) is 180 cm³/mol. The average Bonchev–Trinajstić information content (AvgIpc) is 3.63. The number of aromatic nitrogens is 4. The van der Waals surface area contributed by atoms with E-state index in [1.165, 1.54) is 6.07 Å². The van der Waals surface area contributed by atoms with Gasteiger partial charge in [-0.15, -0.1) is 0 Å². The van der Waals surface area contributed by atoms with Crippen molar-refractivity contribution in [2.45, 2.75) is 46.6 Å². The van der Waals surface area contributed by atoms with Gasteiger partial charge in [-0.3, -0.25) is 0 Å². The summed E-state index contributed by atoms with van der Waals surface area (Å²) in [5.74, 6) is 3.47. The lowest BCUT2D eigenvalue weighted by atomic mass is 9.94. The van der Waals surface area contributed by atoms with Crippen molar-refractivity contribution in [3.63, 3.8) is 0 Å². The number of thioether (sulfide) groups is 1. The third kappa shape index (κ3) is 6.70. The van der Waals surface area contributed by atoms with Crippen molar-refractivity contribution in [3.05, 3.63) is 94.7 Å². The fraction of sp³-hybridized carbons (Fsp3) is 0.361. The van der Waals surface area contributed by atoms with E-state index in [4.69, 9.17) is 14.8 Å². The minimum absolute atomic E-state index is 0.0496. The Morgan fingerprint density at radius 3 is 2.87 bits per heavy atom. The van der Waals surface area contributed by atoms with Crippen LogP contribution in [0.5, 0.6) is 11.5 Å². The third-order valence-corrected chi connectivity index (χ3v) is 9.90. The highest BCUT2D eigenvalue weighted by molar-refractivity contribution is 7.99. The van der Waals surface area contributed by atoms with E-state index >= 15 is 4.39 Å². The van der Waals surface area contributed by atoms with Crippen molar-refractivity contribution in [2.75, 3.05) is 18.1 Å². The summed E-state index contributed by atoms with van der Waals surface area (Å²) in [7, 11) is 1.90. The molecule has 234 valence electrons. The zero-order valence-corrected chi connectivity index (χ0v) is 27.3. The minimum atomic E-state index is -0.386. The third-order valence-electron chi connectivity index (χ3n) is 8.42. The molecule has 0 fully saturated rings. The van der Waals surface area contributed by atoms with E-state index in [-0.39, 0.29) is 28.9 Å². The summed E-state index contributed by atoms with van der Waals surface area (Å²) >= 11 is 1.86. The second kappa shape index (κ2) is 12.8. The van der Waals surface area contributed by atoms with Crippen LogP contribution in [0.3, 0.4) is 0 Å². The molecule has 2 unspecified atom stereocenters. The zero-order valence-electron chi connectivity index (χ0n) is 26.5. The van der Waals surface area contributed by atoms with Gasteiger partial charge in [0.05, 0.1) is 6.04 Å². The number of aromatic amines is 1. The second-order valence-electron chi connectivity index (χ2n) is 12.9. The molecule has 2 N–H and O–H groups in total. The molecule has 0 saturated heterocycles. The highest BCUT2D eigenvalue weighted by atomic mass is 32.2. The standard InChI is InChI=1S/C36H40FN5O2S/c1-22(19-43)15-24-7-6-8-25(16-24)32-34-40-35(42(5)41-34)29-17-26(10-9-23(29)2)44-33-28(12-14-45-21-36(3,4)20-39-32)27-11-13-38-31(27)18-30(33)37/h6-11,13,16-19,22,32,38-39H,12,14-15,20-21H2,1-5H3. The van der Waals surface area contributed by atoms with Crippen molar-refractivity contribution in [2.24, 2.45) is 18.4 Å². The smallest absolute Gasteiger partial charge is 0.172 e. The molecule has 3 aromatic carbocycles. The van der Waals surface area contributed by atoms with Crippen molar-refractivity contribution in [1.82, 2.24) is 25.1 Å². The maximum atomic E-state index is 15.6. The normalized spacial score (nSPS) is 17.7. The van der Waals surface area contributed by atoms with Gasteiger partial charge < -0.3 is 19.8 Å². The second-order valence-corrected chi connectivity index (χ2v) is 14.0. The number of H-pyrrole nitrogens is 1. The largest absolute Gasteiger partial charge is 0.454 e. The molecule has 45 heavy (non-hydrogen) atoms. The molecular formula is C36H40FN5O2S. The fourth-order valence-corrected chi connectivity index (χ4v) is 7.14. The van der Waals surface area contributed by atoms with Gasteiger partial charge in [0.2, 0.25) is 0 Å². The Kier molecular flexibility index (Phi) is 8.84. The first-order chi connectivity index (χ1) is 21.6. The zero-order chi connectivity index (χ0) is 31.7. The maximum absolute atomic E-state index is 15.6. The van der Waals surface area contributed by atoms with Gasteiger partial charge in [-0.1, -0.05) is 51.1 Å². The Morgan fingerprint density at radius 2 is 2.04 bits per heavy atom. The molecule has 2 atom stereocenters. The number of fused-ring (bicyclic) bond motifs is 8. The Labute approximate surface area is 268 Å². The number of carbonyl (C=O) groups is 1. The first-order valence-electron chi connectivity index (χ1n) is 15.5. The van der Waals surface area contributed by atoms with Crippen molar-refractivity contribution in [3.8, 4) is 22.9 Å². The minimum Gasteiger partial charge on any atom is -0.454 e. The van der Waals surface area contributed by atoms with Crippen molar-refractivity contribution < 1.29 is 13.9 Å². The van der Waals surface area contributed by atoms with Gasteiger partial charge in [0.15, 0.2) is 23.2 Å². The number of halogens is 1. The Bertz CT molecular complexity index is 1840. The average molecular weight is 626 g/mol. The van der Waals surface area contributed by atoms with Crippen molar-refractivity contribution in [1.29, 1.82) is 0 Å². The van der Waals surface area contributed by atoms with Crippen LogP contribution in [0.4, 0.5) is 4.39 Å². The van der Waals surface area contributed by atoms with E-state index in [1.54, 1.807) is 4.68 Å². The van der Waals surface area contributed by atoms with Crippen LogP contribution in [-0.4, -0.2) is 44.1 Å². The van der Waals surface area contributed by atoms with Gasteiger partial charge in [-0.25, -0.2) is 14.1 Å². The molecule has 3 heterocycles. The molecule has 0 spiro atoms. The maximum Gasteiger partial charge on any atom is 0.172 e. The van der Waals surface area contributed by atoms with Crippen LogP contribution in [0.25, 0.3) is 22.3 Å². The number of rotatable bonds is 4. The van der Waals surface area contributed by atoms with Crippen LogP contribution in [0, 0.1) is 24.1 Å². The lowest BCUT2D eigenvalue weighted by Gasteiger charge is -2.28. The molecule has 5 aromatic rings. The summed E-state index contributed by atoms with van der Waals surface area (Å²) in [6.07, 6.45) is 4.20. The predicted octanol–water partition coefficient (Wildman–Crippen LogP) is 7.58. The summed E-state index contributed by atoms with van der Waals surface area (Å²) in [5.41, 5.74) is 5.62. The molecule has 0 amide bonds. The van der Waals surface area contributed by atoms with E-state index in [0.29, 0.717) is 30.2 Å². The number of carbonyl (C=O) groups excluding carboxylic acids is 1. The van der Waals surface area contributed by atoms with Crippen molar-refractivity contribution >= 4 is 29.0 Å². The molecule has 7 nitrogen and oxygen atoms in total. The van der Waals surface area contributed by atoms with E-state index in [0.717, 1.165) is 63.1 Å². The molecule has 2 aromatic heterocycles. The van der Waals surface area contributed by atoms with Gasteiger partial charge in [0, 0.05) is 53.8 Å². The molecule has 0 saturated carbocycles. The van der Waals surface area contributed by atoms with E-state index in [2.05, 4.69) is 42.3 Å². The molecule has 0 radical (unpaired) electrons. The van der Waals surface area contributed by atoms with E-state index in [1.807, 2.05) is 69.2 Å². The molecule has 6 rings (SSSR count). The molecule has 4 bridgehead atoms. The summed E-state index contributed by atoms with van der Waals surface area (Å²) in [6, 6.07) is 17.4. The van der Waals surface area contributed by atoms with Gasteiger partial charge in [0.1, 0.15) is 12.0 Å². The highest BCUT2D eigenvalue weighted by Crippen LogP contribution is 2.38. The topological polar surface area (TPSA) is 84.8 Å². The fourth-order valence-electron chi connectivity index (χ4n) is 6.00. The number of benzene rings is 3. The Balaban J connectivity index is 1.45. The van der Waals surface area contributed by atoms with Gasteiger partial charge >= 0.3 is 0 Å². The molecular weight excluding hydrogens is 585 g/mol. The lowest BCUT2D eigenvalue weighted by Crippen LogP contribution is -2.35. The summed E-state index contributed by atoms with van der Waals surface area (Å²) < 4.78 is 23.8. The first kappa shape index (κ1) is 31.0. The number of nitrogens with one attached hydrogen (secondary N) is 2. The summed E-state index contributed by atoms with van der Waals surface area (Å²) in [5, 5.41) is 9.70. The molecule has 1 aliphatic rings. The van der Waals surface area contributed by atoms with Gasteiger partial charge in [-0.2, -0.15) is 16.9 Å². The van der Waals surface area contributed by atoms with Crippen LogP contribution < -0.4 is 10.1 Å². The number of hydrogen-bond donors (Lipinski definition) is 2. The van der Waals surface area contributed by atoms with Crippen LogP contribution in [0.2, 0.25) is 0 Å². The summed E-state index contributed by atoms with van der Waals surface area (Å²) in [6.45, 7) is 9.22. The quantitative estimate of drug-likeness (QED) is 0.200. The van der Waals surface area contributed by atoms with E-state index < -0.39 is 0 Å². The number of aryl methyl sites for hydroxylation is 3.